The zero-order valence-corrected chi connectivity index (χ0v) is 17.3. The maximum Gasteiger partial charge on any atom is 0.280 e. The summed E-state index contributed by atoms with van der Waals surface area (Å²) in [5, 5.41) is 17.9. The number of carboxylic acids is 1. The highest BCUT2D eigenvalue weighted by atomic mass is 79.9. The van der Waals surface area contributed by atoms with Gasteiger partial charge in [0.2, 0.25) is 0 Å². The van der Waals surface area contributed by atoms with Crippen LogP contribution in [0.4, 0.5) is 5.69 Å². The molecular formula is C21H19BrN3O3-. The summed E-state index contributed by atoms with van der Waals surface area (Å²) >= 11 is 3.49. The number of halogens is 1. The Labute approximate surface area is 169 Å². The van der Waals surface area contributed by atoms with Crippen LogP contribution in [0.3, 0.4) is 0 Å². The van der Waals surface area contributed by atoms with Crippen molar-refractivity contribution in [3.63, 3.8) is 0 Å². The molecule has 0 saturated heterocycles. The van der Waals surface area contributed by atoms with Gasteiger partial charge >= 0.3 is 0 Å². The van der Waals surface area contributed by atoms with Crippen LogP contribution in [0.5, 0.6) is 0 Å². The molecule has 3 rings (SSSR count). The predicted molar refractivity (Wildman–Crippen MR) is 112 cm³/mol. The minimum atomic E-state index is -1.26. The maximum absolute atomic E-state index is 12.9. The van der Waals surface area contributed by atoms with Gasteiger partial charge in [-0.15, -0.1) is 0 Å². The monoisotopic (exact) mass is 440 g/mol. The Morgan fingerprint density at radius 1 is 1.21 bits per heavy atom. The molecule has 0 fully saturated rings. The zero-order valence-electron chi connectivity index (χ0n) is 15.7. The minimum Gasteiger partial charge on any atom is -0.545 e. The summed E-state index contributed by atoms with van der Waals surface area (Å²) in [5.41, 5.74) is 3.97. The number of H-pyrrole nitrogens is 1. The van der Waals surface area contributed by atoms with Gasteiger partial charge in [-0.2, -0.15) is 0 Å². The van der Waals surface area contributed by atoms with Gasteiger partial charge < -0.3 is 15.2 Å². The second-order valence-corrected chi connectivity index (χ2v) is 7.42. The summed E-state index contributed by atoms with van der Waals surface area (Å²) in [7, 11) is 0. The van der Waals surface area contributed by atoms with E-state index in [4.69, 9.17) is 0 Å². The molecule has 6 nitrogen and oxygen atoms in total. The van der Waals surface area contributed by atoms with Crippen molar-refractivity contribution in [2.24, 2.45) is 0 Å². The molecule has 0 aliphatic carbocycles. The molecule has 0 spiro atoms. The van der Waals surface area contributed by atoms with Crippen molar-refractivity contribution < 1.29 is 9.90 Å². The molecule has 144 valence electrons. The van der Waals surface area contributed by atoms with Gasteiger partial charge in [0.15, 0.2) is 0 Å². The van der Waals surface area contributed by atoms with E-state index in [1.165, 1.54) is 23.0 Å². The minimum absolute atomic E-state index is 0.0591. The molecule has 2 aromatic carbocycles. The highest BCUT2D eigenvalue weighted by Gasteiger charge is 2.10. The van der Waals surface area contributed by atoms with Gasteiger partial charge in [-0.25, -0.2) is 4.68 Å². The molecule has 0 atom stereocenters. The third kappa shape index (κ3) is 3.53. The second kappa shape index (κ2) is 7.52. The average Bonchev–Trinajstić information content (AvgIpc) is 2.93. The third-order valence-electron chi connectivity index (χ3n) is 4.78. The van der Waals surface area contributed by atoms with E-state index in [-0.39, 0.29) is 11.1 Å². The van der Waals surface area contributed by atoms with E-state index in [1.807, 2.05) is 32.9 Å². The fourth-order valence-corrected chi connectivity index (χ4v) is 3.31. The SMILES string of the molecule is C=c1[nH]n(-c2ccc(Br)c(C)c2C)c(=O)c1=CNc1cc(C(=O)[O-])ccc1C. The lowest BCUT2D eigenvalue weighted by Crippen LogP contribution is -2.35. The number of carbonyl (C=O) groups is 1. The van der Waals surface area contributed by atoms with E-state index in [0.717, 1.165) is 26.9 Å². The van der Waals surface area contributed by atoms with Crippen LogP contribution in [0.1, 0.15) is 27.0 Å². The highest BCUT2D eigenvalue weighted by molar-refractivity contribution is 9.10. The molecule has 1 heterocycles. The molecule has 2 N–H and O–H groups in total. The molecule has 0 aliphatic heterocycles. The predicted octanol–water partition coefficient (Wildman–Crippen LogP) is 1.48. The average molecular weight is 441 g/mol. The Bertz CT molecular complexity index is 1260. The van der Waals surface area contributed by atoms with Crippen molar-refractivity contribution in [3.05, 3.63) is 78.0 Å². The number of hydrogen-bond acceptors (Lipinski definition) is 4. The number of aromatic nitrogens is 2. The summed E-state index contributed by atoms with van der Waals surface area (Å²) in [4.78, 5) is 24.0. The molecule has 7 heteroatoms. The Hall–Kier alpha value is -3.06. The van der Waals surface area contributed by atoms with Gasteiger partial charge in [-0.3, -0.25) is 9.89 Å². The van der Waals surface area contributed by atoms with Crippen LogP contribution >= 0.6 is 15.9 Å². The van der Waals surface area contributed by atoms with Crippen LogP contribution < -0.4 is 26.6 Å². The Morgan fingerprint density at radius 2 is 1.93 bits per heavy atom. The fourth-order valence-electron chi connectivity index (χ4n) is 2.88. The van der Waals surface area contributed by atoms with Crippen molar-refractivity contribution in [1.29, 1.82) is 0 Å². The summed E-state index contributed by atoms with van der Waals surface area (Å²) < 4.78 is 2.43. The smallest absolute Gasteiger partial charge is 0.280 e. The van der Waals surface area contributed by atoms with E-state index in [2.05, 4.69) is 32.9 Å². The quantitative estimate of drug-likeness (QED) is 0.642. The number of carbonyl (C=O) groups excluding carboxylic acids is 1. The van der Waals surface area contributed by atoms with Gasteiger partial charge in [0, 0.05) is 16.4 Å². The Balaban J connectivity index is 2.08. The summed E-state index contributed by atoms with van der Waals surface area (Å²) in [6.07, 6.45) is 1.53. The highest BCUT2D eigenvalue weighted by Crippen LogP contribution is 2.23. The standard InChI is InChI=1S/C21H20BrN3O3/c1-11-5-6-15(21(27)28)9-18(11)23-10-16-14(4)24-25(20(16)26)19-8-7-17(22)12(2)13(19)3/h5-10,23-24H,4H2,1-3H3,(H,27,28)/p-1. The first kappa shape index (κ1) is 19.7. The Morgan fingerprint density at radius 3 is 2.61 bits per heavy atom. The molecule has 0 radical (unpaired) electrons. The van der Waals surface area contributed by atoms with Crippen molar-refractivity contribution in [2.45, 2.75) is 20.8 Å². The topological polar surface area (TPSA) is 90.0 Å². The van der Waals surface area contributed by atoms with E-state index in [0.29, 0.717) is 16.3 Å². The number of anilines is 1. The first-order valence-electron chi connectivity index (χ1n) is 8.55. The van der Waals surface area contributed by atoms with Crippen molar-refractivity contribution in [1.82, 2.24) is 9.78 Å². The molecule has 0 saturated carbocycles. The summed E-state index contributed by atoms with van der Waals surface area (Å²) in [6.45, 7) is 9.68. The van der Waals surface area contributed by atoms with E-state index in [1.54, 1.807) is 6.07 Å². The number of carboxylic acid groups (broad SMARTS) is 1. The van der Waals surface area contributed by atoms with Crippen LogP contribution in [0.15, 0.2) is 39.6 Å². The molecule has 0 unspecified atom stereocenters. The maximum atomic E-state index is 12.9. The van der Waals surface area contributed by atoms with Crippen LogP contribution in [-0.2, 0) is 0 Å². The lowest BCUT2D eigenvalue weighted by atomic mass is 10.1. The number of aromatic amines is 1. The Kier molecular flexibility index (Phi) is 5.29. The molecule has 1 aromatic heterocycles. The zero-order chi connectivity index (χ0) is 20.6. The van der Waals surface area contributed by atoms with Crippen LogP contribution in [-0.4, -0.2) is 15.7 Å². The number of aromatic carboxylic acids is 1. The van der Waals surface area contributed by atoms with Crippen molar-refractivity contribution >= 4 is 40.4 Å². The molecular weight excluding hydrogens is 422 g/mol. The summed E-state index contributed by atoms with van der Waals surface area (Å²) in [5.74, 6) is -1.26. The molecule has 0 bridgehead atoms. The molecule has 0 amide bonds. The number of nitrogens with one attached hydrogen (secondary N) is 2. The third-order valence-corrected chi connectivity index (χ3v) is 5.64. The van der Waals surface area contributed by atoms with Crippen LogP contribution in [0.2, 0.25) is 0 Å². The first-order chi connectivity index (χ1) is 13.2. The fraction of sp³-hybridized carbons (Fsp3) is 0.143. The number of rotatable bonds is 4. The lowest BCUT2D eigenvalue weighted by molar-refractivity contribution is -0.255. The van der Waals surface area contributed by atoms with Crippen LogP contribution in [0, 0.1) is 20.8 Å². The number of nitrogens with zero attached hydrogens (tertiary/aromatic N) is 1. The van der Waals surface area contributed by atoms with E-state index >= 15 is 0 Å². The van der Waals surface area contributed by atoms with Gasteiger partial charge in [0.1, 0.15) is 0 Å². The summed E-state index contributed by atoms with van der Waals surface area (Å²) in [6, 6.07) is 8.37. The van der Waals surface area contributed by atoms with Gasteiger partial charge in [-0.1, -0.05) is 34.6 Å². The first-order valence-corrected chi connectivity index (χ1v) is 9.34. The lowest BCUT2D eigenvalue weighted by Gasteiger charge is -2.10. The van der Waals surface area contributed by atoms with E-state index < -0.39 is 5.97 Å². The number of benzene rings is 2. The van der Waals surface area contributed by atoms with E-state index in [9.17, 15) is 14.7 Å². The molecule has 3 aromatic rings. The number of hydrogen-bond donors (Lipinski definition) is 2. The number of aryl methyl sites for hydroxylation is 1. The molecule has 0 aliphatic rings. The second-order valence-electron chi connectivity index (χ2n) is 6.57. The van der Waals surface area contributed by atoms with Crippen molar-refractivity contribution in [2.75, 3.05) is 5.32 Å². The normalized spacial score (nSPS) is 11.6. The largest absolute Gasteiger partial charge is 0.545 e. The van der Waals surface area contributed by atoms with Gasteiger partial charge in [0.25, 0.3) is 5.56 Å². The van der Waals surface area contributed by atoms with Gasteiger partial charge in [-0.05, 0) is 61.2 Å². The molecule has 28 heavy (non-hydrogen) atoms. The van der Waals surface area contributed by atoms with Gasteiger partial charge in [0.05, 0.1) is 22.2 Å². The van der Waals surface area contributed by atoms with Crippen molar-refractivity contribution in [3.8, 4) is 5.69 Å². The van der Waals surface area contributed by atoms with Crippen LogP contribution in [0.25, 0.3) is 18.5 Å².